The minimum absolute atomic E-state index is 0.0578. The van der Waals surface area contributed by atoms with Crippen molar-refractivity contribution in [3.05, 3.63) is 17.5 Å². The lowest BCUT2D eigenvalue weighted by Crippen LogP contribution is -2.51. The van der Waals surface area contributed by atoms with Crippen molar-refractivity contribution in [2.24, 2.45) is 23.2 Å². The summed E-state index contributed by atoms with van der Waals surface area (Å²) in [5.74, 6) is 3.35. The zero-order valence-corrected chi connectivity index (χ0v) is 15.9. The second-order valence-electron chi connectivity index (χ2n) is 8.17. The molecule has 6 rings (SSSR count). The Labute approximate surface area is 155 Å². The number of thiophene rings is 1. The molecule has 6 heteroatoms. The van der Waals surface area contributed by atoms with E-state index >= 15 is 0 Å². The van der Waals surface area contributed by atoms with Gasteiger partial charge in [-0.15, -0.1) is 21.5 Å². The first-order valence-corrected chi connectivity index (χ1v) is 11.0. The summed E-state index contributed by atoms with van der Waals surface area (Å²) in [6.07, 6.45) is 7.44. The molecular formula is C19H22N2O2S2. The number of carbonyl (C=O) groups excluding carboxylic acids is 1. The molecule has 0 aromatic carbocycles. The van der Waals surface area contributed by atoms with Crippen LogP contribution in [0.4, 0.5) is 0 Å². The lowest BCUT2D eigenvalue weighted by atomic mass is 9.48. The highest BCUT2D eigenvalue weighted by molar-refractivity contribution is 8.00. The van der Waals surface area contributed by atoms with Crippen LogP contribution in [0.3, 0.4) is 0 Å². The van der Waals surface area contributed by atoms with E-state index in [9.17, 15) is 4.79 Å². The lowest BCUT2D eigenvalue weighted by molar-refractivity contribution is -0.143. The van der Waals surface area contributed by atoms with E-state index in [1.165, 1.54) is 31.0 Å². The van der Waals surface area contributed by atoms with E-state index in [1.54, 1.807) is 11.3 Å². The molecule has 2 aromatic heterocycles. The fourth-order valence-electron chi connectivity index (χ4n) is 5.81. The second kappa shape index (κ2) is 5.95. The molecule has 0 spiro atoms. The van der Waals surface area contributed by atoms with Crippen LogP contribution in [0.1, 0.15) is 45.4 Å². The molecule has 0 N–H and O–H groups in total. The Kier molecular flexibility index (Phi) is 3.82. The van der Waals surface area contributed by atoms with Gasteiger partial charge in [-0.1, -0.05) is 17.8 Å². The van der Waals surface area contributed by atoms with Crippen molar-refractivity contribution >= 4 is 28.9 Å². The van der Waals surface area contributed by atoms with Crippen LogP contribution in [-0.2, 0) is 4.79 Å². The molecule has 0 radical (unpaired) electrons. The van der Waals surface area contributed by atoms with Crippen molar-refractivity contribution < 1.29 is 9.21 Å². The van der Waals surface area contributed by atoms with E-state index in [0.717, 1.165) is 41.9 Å². The molecule has 4 aliphatic carbocycles. The van der Waals surface area contributed by atoms with E-state index in [0.29, 0.717) is 16.9 Å². The number of carbonyl (C=O) groups is 1. The summed E-state index contributed by atoms with van der Waals surface area (Å²) < 4.78 is 5.77. The lowest BCUT2D eigenvalue weighted by Gasteiger charge is -2.56. The Morgan fingerprint density at radius 2 is 1.92 bits per heavy atom. The van der Waals surface area contributed by atoms with Crippen molar-refractivity contribution in [1.82, 2.24) is 10.2 Å². The Hall–Kier alpha value is -1.14. The molecule has 0 saturated heterocycles. The zero-order valence-electron chi connectivity index (χ0n) is 14.3. The summed E-state index contributed by atoms with van der Waals surface area (Å²) in [6, 6.07) is 3.94. The van der Waals surface area contributed by atoms with E-state index in [-0.39, 0.29) is 10.7 Å². The van der Waals surface area contributed by atoms with E-state index in [1.807, 2.05) is 24.4 Å². The third-order valence-corrected chi connectivity index (χ3v) is 8.14. The first-order valence-electron chi connectivity index (χ1n) is 9.20. The maximum absolute atomic E-state index is 13.3. The first kappa shape index (κ1) is 16.1. The zero-order chi connectivity index (χ0) is 17.0. The Morgan fingerprint density at radius 1 is 1.24 bits per heavy atom. The Balaban J connectivity index is 1.31. The van der Waals surface area contributed by atoms with Crippen molar-refractivity contribution in [3.63, 3.8) is 0 Å². The second-order valence-corrected chi connectivity index (χ2v) is 10.4. The molecule has 0 aliphatic heterocycles. The standard InChI is InChI=1S/C19H22N2O2S2/c1-11(25-18-21-20-17(23-18)15-3-2-4-24-15)16(22)19-8-12-5-13(9-19)7-14(6-12)10-19/h2-4,11-14H,5-10H2,1H3. The normalized spacial score (nSPS) is 34.4. The summed E-state index contributed by atoms with van der Waals surface area (Å²) in [7, 11) is 0. The summed E-state index contributed by atoms with van der Waals surface area (Å²) >= 11 is 3.01. The van der Waals surface area contributed by atoms with Gasteiger partial charge in [0.1, 0.15) is 0 Å². The van der Waals surface area contributed by atoms with Crippen LogP contribution in [0.2, 0.25) is 0 Å². The molecule has 25 heavy (non-hydrogen) atoms. The van der Waals surface area contributed by atoms with Crippen molar-refractivity contribution in [2.45, 2.75) is 55.9 Å². The third-order valence-electron chi connectivity index (χ3n) is 6.35. The van der Waals surface area contributed by atoms with E-state index in [4.69, 9.17) is 4.42 Å². The van der Waals surface area contributed by atoms with Crippen molar-refractivity contribution in [3.8, 4) is 10.8 Å². The van der Waals surface area contributed by atoms with Crippen LogP contribution < -0.4 is 0 Å². The number of Topliss-reactive ketones (excluding diaryl/α,β-unsaturated/α-hetero) is 1. The van der Waals surface area contributed by atoms with E-state index in [2.05, 4.69) is 10.2 Å². The molecule has 0 amide bonds. The fourth-order valence-corrected chi connectivity index (χ4v) is 7.32. The summed E-state index contributed by atoms with van der Waals surface area (Å²) in [5.41, 5.74) is -0.0578. The minimum atomic E-state index is -0.118. The van der Waals surface area contributed by atoms with Crippen LogP contribution in [0.5, 0.6) is 0 Å². The molecule has 2 heterocycles. The molecule has 4 saturated carbocycles. The predicted octanol–water partition coefficient (Wildman–Crippen LogP) is 5.06. The van der Waals surface area contributed by atoms with Gasteiger partial charge in [-0.25, -0.2) is 0 Å². The summed E-state index contributed by atoms with van der Waals surface area (Å²) in [4.78, 5) is 14.3. The van der Waals surface area contributed by atoms with Crippen LogP contribution >= 0.6 is 23.1 Å². The van der Waals surface area contributed by atoms with Gasteiger partial charge in [0.25, 0.3) is 11.1 Å². The van der Waals surface area contributed by atoms with Crippen LogP contribution in [0.15, 0.2) is 27.2 Å². The number of nitrogens with zero attached hydrogens (tertiary/aromatic N) is 2. The van der Waals surface area contributed by atoms with Gasteiger partial charge in [-0.2, -0.15) is 0 Å². The van der Waals surface area contributed by atoms with Crippen LogP contribution in [0.25, 0.3) is 10.8 Å². The summed E-state index contributed by atoms with van der Waals surface area (Å²) in [5, 5.41) is 10.6. The number of aromatic nitrogens is 2. The van der Waals surface area contributed by atoms with Gasteiger partial charge >= 0.3 is 0 Å². The minimum Gasteiger partial charge on any atom is -0.410 e. The molecule has 4 bridgehead atoms. The van der Waals surface area contributed by atoms with Crippen molar-refractivity contribution in [1.29, 1.82) is 0 Å². The average molecular weight is 375 g/mol. The molecule has 2 aromatic rings. The summed E-state index contributed by atoms with van der Waals surface area (Å²) in [6.45, 7) is 2.01. The number of rotatable bonds is 5. The number of hydrogen-bond acceptors (Lipinski definition) is 6. The topological polar surface area (TPSA) is 56.0 Å². The van der Waals surface area contributed by atoms with Gasteiger partial charge in [0.2, 0.25) is 0 Å². The molecule has 1 atom stereocenters. The maximum Gasteiger partial charge on any atom is 0.277 e. The predicted molar refractivity (Wildman–Crippen MR) is 98.5 cm³/mol. The highest BCUT2D eigenvalue weighted by atomic mass is 32.2. The quantitative estimate of drug-likeness (QED) is 0.684. The molecule has 4 nitrogen and oxygen atoms in total. The molecule has 4 fully saturated rings. The Bertz CT molecular complexity index is 748. The van der Waals surface area contributed by atoms with Crippen molar-refractivity contribution in [2.75, 3.05) is 0 Å². The molecule has 1 unspecified atom stereocenters. The monoisotopic (exact) mass is 374 g/mol. The third kappa shape index (κ3) is 2.78. The van der Waals surface area contributed by atoms with Crippen LogP contribution in [-0.4, -0.2) is 21.2 Å². The number of thioether (sulfide) groups is 1. The smallest absolute Gasteiger partial charge is 0.277 e. The van der Waals surface area contributed by atoms with Gasteiger partial charge in [-0.05, 0) is 74.6 Å². The van der Waals surface area contributed by atoms with E-state index < -0.39 is 0 Å². The molecule has 4 aliphatic rings. The van der Waals surface area contributed by atoms with Gasteiger partial charge in [0.15, 0.2) is 5.78 Å². The average Bonchev–Trinajstić information content (AvgIpc) is 3.23. The highest BCUT2D eigenvalue weighted by Crippen LogP contribution is 2.61. The maximum atomic E-state index is 13.3. The van der Waals surface area contributed by atoms with Gasteiger partial charge in [0.05, 0.1) is 10.1 Å². The number of hydrogen-bond donors (Lipinski definition) is 0. The molecule has 132 valence electrons. The van der Waals surface area contributed by atoms with Crippen LogP contribution in [0, 0.1) is 23.2 Å². The SMILES string of the molecule is CC(Sc1nnc(-c2cccs2)o1)C(=O)C12CC3CC(CC(C3)C1)C2. The van der Waals surface area contributed by atoms with Gasteiger partial charge in [0, 0.05) is 5.41 Å². The first-order chi connectivity index (χ1) is 12.1. The molecular weight excluding hydrogens is 352 g/mol. The number of ketones is 1. The highest BCUT2D eigenvalue weighted by Gasteiger charge is 2.55. The Morgan fingerprint density at radius 3 is 2.52 bits per heavy atom. The van der Waals surface area contributed by atoms with Gasteiger partial charge < -0.3 is 4.42 Å². The fraction of sp³-hybridized carbons (Fsp3) is 0.632. The van der Waals surface area contributed by atoms with Gasteiger partial charge in [-0.3, -0.25) is 4.79 Å². The largest absolute Gasteiger partial charge is 0.410 e.